The molecule has 5 atom stereocenters. The number of benzene rings is 5. The molecule has 0 spiro atoms. The van der Waals surface area contributed by atoms with Gasteiger partial charge >= 0.3 is 0 Å². The molecule has 11 rings (SSSR count). The van der Waals surface area contributed by atoms with Crippen molar-refractivity contribution in [3.05, 3.63) is 203 Å². The Morgan fingerprint density at radius 2 is 1.39 bits per heavy atom. The molecular weight excluding hydrogens is 677 g/mol. The van der Waals surface area contributed by atoms with Gasteiger partial charge in [-0.05, 0) is 92.6 Å². The highest BCUT2D eigenvalue weighted by molar-refractivity contribution is 6.10. The first kappa shape index (κ1) is 33.5. The first-order chi connectivity index (χ1) is 27.3. The van der Waals surface area contributed by atoms with Crippen molar-refractivity contribution >= 4 is 33.2 Å². The maximum absolute atomic E-state index is 4.10. The minimum absolute atomic E-state index is 0.0737. The van der Waals surface area contributed by atoms with Gasteiger partial charge in [-0.15, -0.1) is 0 Å². The van der Waals surface area contributed by atoms with Crippen molar-refractivity contribution in [2.75, 3.05) is 5.32 Å². The predicted molar refractivity (Wildman–Crippen MR) is 236 cm³/mol. The summed E-state index contributed by atoms with van der Waals surface area (Å²) in [4.78, 5) is 0. The molecule has 0 bridgehead atoms. The number of para-hydroxylation sites is 2. The second-order valence-corrected chi connectivity index (χ2v) is 17.7. The molecule has 0 amide bonds. The van der Waals surface area contributed by atoms with Crippen LogP contribution < -0.4 is 5.32 Å². The highest BCUT2D eigenvalue weighted by atomic mass is 15.0. The molecule has 5 aliphatic rings. The molecule has 1 heterocycles. The predicted octanol–water partition coefficient (Wildman–Crippen LogP) is 13.5. The summed E-state index contributed by atoms with van der Waals surface area (Å²) >= 11 is 0. The van der Waals surface area contributed by atoms with Crippen molar-refractivity contribution < 1.29 is 0 Å². The topological polar surface area (TPSA) is 17.0 Å². The standard InChI is InChI=1S/C54H48N2/c1-53(2)45-21-11-8-17-39(45)44-32-43(34-15-6-5-7-16-34)49(33-48(44)53)55-36-27-30-42-47(31-36)54(3,4)46-22-14-20-38(52(42)46)35-25-28-37(29-26-35)56-50-23-12-9-18-40(50)41-19-10-13-24-51(41)56/h5-25,27-33,35,39,43,45,49,55H,26H2,1-4H3. The SMILES string of the molecule is CC1(C)c2cc(NC3C=C4C(=CC3c3ccccc3)C3C=CC=CC3C4(C)C)ccc2-c2c(C3C=CC(n4c5ccccc5c5ccccc54)=CC3)cccc21. The molecule has 1 saturated carbocycles. The second-order valence-electron chi connectivity index (χ2n) is 17.7. The minimum Gasteiger partial charge on any atom is -0.378 e. The van der Waals surface area contributed by atoms with Crippen LogP contribution in [0.25, 0.3) is 38.6 Å². The quantitative estimate of drug-likeness (QED) is 0.187. The number of hydrogen-bond acceptors (Lipinski definition) is 1. The van der Waals surface area contributed by atoms with E-state index in [1.165, 1.54) is 77.7 Å². The van der Waals surface area contributed by atoms with Crippen LogP contribution in [-0.4, -0.2) is 10.6 Å². The number of fused-ring (bicyclic) bond motifs is 9. The molecule has 0 radical (unpaired) electrons. The van der Waals surface area contributed by atoms with Gasteiger partial charge in [-0.3, -0.25) is 0 Å². The lowest BCUT2D eigenvalue weighted by Crippen LogP contribution is -2.29. The molecule has 1 aromatic heterocycles. The summed E-state index contributed by atoms with van der Waals surface area (Å²) in [5.41, 5.74) is 16.4. The summed E-state index contributed by atoms with van der Waals surface area (Å²) in [5.74, 6) is 1.48. The second kappa shape index (κ2) is 12.3. The average Bonchev–Trinajstić information content (AvgIpc) is 3.78. The molecule has 6 aromatic rings. The first-order valence-corrected chi connectivity index (χ1v) is 20.5. The molecule has 274 valence electrons. The normalized spacial score (nSPS) is 24.9. The third kappa shape index (κ3) is 4.87. The number of anilines is 1. The lowest BCUT2D eigenvalue weighted by molar-refractivity contribution is 0.333. The van der Waals surface area contributed by atoms with Gasteiger partial charge in [0.15, 0.2) is 0 Å². The number of aromatic nitrogens is 1. The zero-order valence-electron chi connectivity index (χ0n) is 32.7. The summed E-state index contributed by atoms with van der Waals surface area (Å²) in [5, 5.41) is 6.71. The van der Waals surface area contributed by atoms with Crippen LogP contribution >= 0.6 is 0 Å². The Labute approximate surface area is 331 Å². The summed E-state index contributed by atoms with van der Waals surface area (Å²) in [6, 6.07) is 43.1. The van der Waals surface area contributed by atoms with E-state index < -0.39 is 0 Å². The summed E-state index contributed by atoms with van der Waals surface area (Å²) < 4.78 is 2.44. The molecule has 56 heavy (non-hydrogen) atoms. The minimum atomic E-state index is -0.112. The van der Waals surface area contributed by atoms with Gasteiger partial charge in [0.05, 0.1) is 17.1 Å². The smallest absolute Gasteiger partial charge is 0.0553 e. The third-order valence-electron chi connectivity index (χ3n) is 14.0. The van der Waals surface area contributed by atoms with Crippen LogP contribution in [0, 0.1) is 17.3 Å². The fraction of sp³-hybridized carbons (Fsp3) is 0.222. The molecule has 1 N–H and O–H groups in total. The first-order valence-electron chi connectivity index (χ1n) is 20.5. The fourth-order valence-electron chi connectivity index (χ4n) is 11.1. The molecule has 2 nitrogen and oxygen atoms in total. The Morgan fingerprint density at radius 3 is 2.14 bits per heavy atom. The van der Waals surface area contributed by atoms with Crippen molar-refractivity contribution in [2.45, 2.75) is 57.4 Å². The number of nitrogens with one attached hydrogen (secondary N) is 1. The summed E-state index contributed by atoms with van der Waals surface area (Å²) in [6.45, 7) is 9.71. The summed E-state index contributed by atoms with van der Waals surface area (Å²) in [7, 11) is 0. The molecular formula is C54H48N2. The van der Waals surface area contributed by atoms with Gasteiger partial charge in [-0.1, -0.05) is 167 Å². The van der Waals surface area contributed by atoms with E-state index in [9.17, 15) is 0 Å². The lowest BCUT2D eigenvalue weighted by Gasteiger charge is -2.33. The fourth-order valence-corrected chi connectivity index (χ4v) is 11.1. The maximum Gasteiger partial charge on any atom is 0.0553 e. The van der Waals surface area contributed by atoms with Crippen LogP contribution in [0.2, 0.25) is 0 Å². The molecule has 5 aliphatic carbocycles. The monoisotopic (exact) mass is 724 g/mol. The van der Waals surface area contributed by atoms with E-state index in [1.54, 1.807) is 0 Å². The van der Waals surface area contributed by atoms with Crippen molar-refractivity contribution in [3.63, 3.8) is 0 Å². The molecule has 5 unspecified atom stereocenters. The summed E-state index contributed by atoms with van der Waals surface area (Å²) in [6.07, 6.45) is 22.7. The van der Waals surface area contributed by atoms with Crippen molar-refractivity contribution in [1.29, 1.82) is 0 Å². The lowest BCUT2D eigenvalue weighted by atomic mass is 9.74. The Hall–Kier alpha value is -5.86. The Balaban J connectivity index is 0.934. The zero-order valence-corrected chi connectivity index (χ0v) is 32.7. The van der Waals surface area contributed by atoms with Gasteiger partial charge in [0.2, 0.25) is 0 Å². The van der Waals surface area contributed by atoms with Gasteiger partial charge in [-0.25, -0.2) is 0 Å². The van der Waals surface area contributed by atoms with Gasteiger partial charge in [0.1, 0.15) is 0 Å². The third-order valence-corrected chi connectivity index (χ3v) is 14.0. The molecule has 1 fully saturated rings. The van der Waals surface area contributed by atoms with E-state index in [0.29, 0.717) is 17.8 Å². The van der Waals surface area contributed by atoms with Gasteiger partial charge in [-0.2, -0.15) is 0 Å². The van der Waals surface area contributed by atoms with E-state index in [2.05, 4.69) is 208 Å². The van der Waals surface area contributed by atoms with Crippen LogP contribution in [0.4, 0.5) is 5.69 Å². The largest absolute Gasteiger partial charge is 0.378 e. The van der Waals surface area contributed by atoms with E-state index in [-0.39, 0.29) is 22.8 Å². The van der Waals surface area contributed by atoms with Crippen LogP contribution in [-0.2, 0) is 5.41 Å². The van der Waals surface area contributed by atoms with Gasteiger partial charge in [0.25, 0.3) is 0 Å². The molecule has 0 aliphatic heterocycles. The number of hydrogen-bond donors (Lipinski definition) is 1. The number of allylic oxidation sites excluding steroid dienone is 10. The van der Waals surface area contributed by atoms with Gasteiger partial charge < -0.3 is 9.88 Å². The van der Waals surface area contributed by atoms with Crippen molar-refractivity contribution in [2.24, 2.45) is 17.3 Å². The van der Waals surface area contributed by atoms with Crippen molar-refractivity contribution in [1.82, 2.24) is 4.57 Å². The zero-order chi connectivity index (χ0) is 37.8. The van der Waals surface area contributed by atoms with Gasteiger partial charge in [0, 0.05) is 45.3 Å². The number of rotatable bonds is 5. The Bertz CT molecular complexity index is 2720. The Kier molecular flexibility index (Phi) is 7.37. The maximum atomic E-state index is 4.10. The molecule has 2 heteroatoms. The number of nitrogens with zero attached hydrogens (tertiary/aromatic N) is 1. The van der Waals surface area contributed by atoms with Crippen LogP contribution in [0.5, 0.6) is 0 Å². The van der Waals surface area contributed by atoms with E-state index in [1.807, 2.05) is 0 Å². The van der Waals surface area contributed by atoms with E-state index in [0.717, 1.165) is 6.42 Å². The van der Waals surface area contributed by atoms with Crippen LogP contribution in [0.1, 0.15) is 68.2 Å². The van der Waals surface area contributed by atoms with Crippen molar-refractivity contribution in [3.8, 4) is 11.1 Å². The Morgan fingerprint density at radius 1 is 0.661 bits per heavy atom. The van der Waals surface area contributed by atoms with E-state index in [4.69, 9.17) is 0 Å². The molecule has 5 aromatic carbocycles. The molecule has 0 saturated heterocycles. The van der Waals surface area contributed by atoms with Crippen LogP contribution in [0.3, 0.4) is 0 Å². The van der Waals surface area contributed by atoms with Crippen LogP contribution in [0.15, 0.2) is 181 Å². The highest BCUT2D eigenvalue weighted by Gasteiger charge is 2.49. The average molecular weight is 725 g/mol. The van der Waals surface area contributed by atoms with E-state index >= 15 is 0 Å². The highest BCUT2D eigenvalue weighted by Crippen LogP contribution is 2.58.